The van der Waals surface area contributed by atoms with Crippen LogP contribution in [0.1, 0.15) is 16.7 Å². The monoisotopic (exact) mass is 445 g/mol. The summed E-state index contributed by atoms with van der Waals surface area (Å²) in [6.45, 7) is 0.0998. The van der Waals surface area contributed by atoms with Crippen molar-refractivity contribution in [3.05, 3.63) is 93.5 Å². The van der Waals surface area contributed by atoms with Gasteiger partial charge in [0.05, 0.1) is 29.5 Å². The van der Waals surface area contributed by atoms with E-state index < -0.39 is 16.7 Å². The number of ether oxygens (including phenoxy) is 2. The van der Waals surface area contributed by atoms with Crippen LogP contribution < -0.4 is 14.9 Å². The first-order valence-corrected chi connectivity index (χ1v) is 9.27. The molecule has 0 fully saturated rings. The second-order valence-electron chi connectivity index (χ2n) is 6.55. The third-order valence-corrected chi connectivity index (χ3v) is 4.30. The highest BCUT2D eigenvalue weighted by molar-refractivity contribution is 5.83. The average molecular weight is 445 g/mol. The second kappa shape index (κ2) is 9.82. The minimum absolute atomic E-state index is 0.0376. The fourth-order valence-electron chi connectivity index (χ4n) is 2.79. The standard InChI is InChI=1S/C22H18F3N3O4/c1-31-20-11-16(13-26-27-18-9-5-8-17(12-18)22(23,24)25)10-19(28(29)30)21(20)32-14-15-6-3-2-4-7-15/h2-13,27H,14H2,1H3. The van der Waals surface area contributed by atoms with Crippen molar-refractivity contribution in [3.8, 4) is 11.5 Å². The lowest BCUT2D eigenvalue weighted by molar-refractivity contribution is -0.386. The van der Waals surface area contributed by atoms with Crippen molar-refractivity contribution in [2.45, 2.75) is 12.8 Å². The van der Waals surface area contributed by atoms with Gasteiger partial charge in [-0.3, -0.25) is 15.5 Å². The summed E-state index contributed by atoms with van der Waals surface area (Å²) in [6, 6.07) is 16.3. The molecule has 0 aliphatic carbocycles. The van der Waals surface area contributed by atoms with Gasteiger partial charge in [0, 0.05) is 11.6 Å². The van der Waals surface area contributed by atoms with E-state index in [2.05, 4.69) is 10.5 Å². The Morgan fingerprint density at radius 2 is 1.84 bits per heavy atom. The molecule has 7 nitrogen and oxygen atoms in total. The highest BCUT2D eigenvalue weighted by atomic mass is 19.4. The van der Waals surface area contributed by atoms with Gasteiger partial charge >= 0.3 is 11.9 Å². The number of benzene rings is 3. The first-order chi connectivity index (χ1) is 15.3. The molecule has 0 saturated heterocycles. The zero-order chi connectivity index (χ0) is 23.1. The predicted octanol–water partition coefficient (Wildman–Crippen LogP) is 5.65. The van der Waals surface area contributed by atoms with Crippen LogP contribution in [0.5, 0.6) is 11.5 Å². The third-order valence-electron chi connectivity index (χ3n) is 4.30. The lowest BCUT2D eigenvalue weighted by Gasteiger charge is -2.12. The number of nitro benzene ring substituents is 1. The highest BCUT2D eigenvalue weighted by Gasteiger charge is 2.30. The molecule has 32 heavy (non-hydrogen) atoms. The van der Waals surface area contributed by atoms with Crippen LogP contribution in [0.4, 0.5) is 24.5 Å². The molecule has 0 aromatic heterocycles. The van der Waals surface area contributed by atoms with E-state index in [4.69, 9.17) is 9.47 Å². The third kappa shape index (κ3) is 5.75. The summed E-state index contributed by atoms with van der Waals surface area (Å²) >= 11 is 0. The number of hydrogen-bond donors (Lipinski definition) is 1. The van der Waals surface area contributed by atoms with Crippen LogP contribution in [-0.2, 0) is 12.8 Å². The molecule has 3 rings (SSSR count). The van der Waals surface area contributed by atoms with E-state index in [1.165, 1.54) is 37.6 Å². The molecular weight excluding hydrogens is 427 g/mol. The molecule has 0 unspecified atom stereocenters. The van der Waals surface area contributed by atoms with Crippen molar-refractivity contribution in [2.24, 2.45) is 5.10 Å². The summed E-state index contributed by atoms with van der Waals surface area (Å²) in [5.41, 5.74) is 2.55. The van der Waals surface area contributed by atoms with Crippen molar-refractivity contribution >= 4 is 17.6 Å². The average Bonchev–Trinajstić information content (AvgIpc) is 2.77. The second-order valence-corrected chi connectivity index (χ2v) is 6.55. The number of hydrogen-bond acceptors (Lipinski definition) is 6. The van der Waals surface area contributed by atoms with E-state index in [0.29, 0.717) is 5.56 Å². The quantitative estimate of drug-likeness (QED) is 0.275. The first-order valence-electron chi connectivity index (χ1n) is 9.27. The van der Waals surface area contributed by atoms with Crippen molar-refractivity contribution < 1.29 is 27.6 Å². The SMILES string of the molecule is COc1cc(C=NNc2cccc(C(F)(F)F)c2)cc([N+](=O)[O-])c1OCc1ccccc1. The Morgan fingerprint density at radius 1 is 1.09 bits per heavy atom. The number of nitrogens with zero attached hydrogens (tertiary/aromatic N) is 2. The topological polar surface area (TPSA) is 86.0 Å². The molecular formula is C22H18F3N3O4. The molecule has 3 aromatic carbocycles. The Hall–Kier alpha value is -4.08. The fourth-order valence-corrected chi connectivity index (χ4v) is 2.79. The number of halogens is 3. The van der Waals surface area contributed by atoms with Crippen LogP contribution in [0.2, 0.25) is 0 Å². The van der Waals surface area contributed by atoms with E-state index in [-0.39, 0.29) is 29.5 Å². The van der Waals surface area contributed by atoms with Gasteiger partial charge in [-0.25, -0.2) is 0 Å². The van der Waals surface area contributed by atoms with Crippen molar-refractivity contribution in [3.63, 3.8) is 0 Å². The molecule has 1 N–H and O–H groups in total. The molecule has 10 heteroatoms. The molecule has 0 atom stereocenters. The van der Waals surface area contributed by atoms with Crippen molar-refractivity contribution in [2.75, 3.05) is 12.5 Å². The van der Waals surface area contributed by atoms with Crippen LogP contribution in [-0.4, -0.2) is 18.2 Å². The van der Waals surface area contributed by atoms with E-state index >= 15 is 0 Å². The van der Waals surface area contributed by atoms with E-state index in [0.717, 1.165) is 17.7 Å². The molecule has 0 spiro atoms. The maximum Gasteiger partial charge on any atom is 0.416 e. The molecule has 0 radical (unpaired) electrons. The van der Waals surface area contributed by atoms with E-state index in [1.54, 1.807) is 0 Å². The fraction of sp³-hybridized carbons (Fsp3) is 0.136. The van der Waals surface area contributed by atoms with Crippen LogP contribution in [0, 0.1) is 10.1 Å². The number of rotatable bonds is 8. The minimum Gasteiger partial charge on any atom is -0.493 e. The summed E-state index contributed by atoms with van der Waals surface area (Å²) in [5, 5.41) is 15.5. The highest BCUT2D eigenvalue weighted by Crippen LogP contribution is 2.38. The Kier molecular flexibility index (Phi) is 6.93. The van der Waals surface area contributed by atoms with Crippen LogP contribution in [0.3, 0.4) is 0 Å². The smallest absolute Gasteiger partial charge is 0.416 e. The van der Waals surface area contributed by atoms with Gasteiger partial charge < -0.3 is 9.47 Å². The Balaban J connectivity index is 1.81. The number of nitrogens with one attached hydrogen (secondary N) is 1. The van der Waals surface area contributed by atoms with Gasteiger partial charge in [0.15, 0.2) is 5.75 Å². The summed E-state index contributed by atoms with van der Waals surface area (Å²) in [5.74, 6) is 0.0833. The molecule has 166 valence electrons. The zero-order valence-electron chi connectivity index (χ0n) is 16.8. The molecule has 0 aliphatic rings. The van der Waals surface area contributed by atoms with E-state index in [9.17, 15) is 23.3 Å². The molecule has 0 heterocycles. The zero-order valence-corrected chi connectivity index (χ0v) is 16.8. The summed E-state index contributed by atoms with van der Waals surface area (Å²) in [7, 11) is 1.34. The number of methoxy groups -OCH3 is 1. The normalized spacial score (nSPS) is 11.4. The largest absolute Gasteiger partial charge is 0.493 e. The van der Waals surface area contributed by atoms with Crippen molar-refractivity contribution in [1.29, 1.82) is 0 Å². The lowest BCUT2D eigenvalue weighted by atomic mass is 10.1. The van der Waals surface area contributed by atoms with Crippen LogP contribution in [0.15, 0.2) is 71.8 Å². The first kappa shape index (κ1) is 22.6. The molecule has 0 amide bonds. The van der Waals surface area contributed by atoms with E-state index in [1.807, 2.05) is 30.3 Å². The number of anilines is 1. The van der Waals surface area contributed by atoms with Gasteiger partial charge in [0.1, 0.15) is 6.61 Å². The van der Waals surface area contributed by atoms with Gasteiger partial charge in [0.25, 0.3) is 0 Å². The lowest BCUT2D eigenvalue weighted by Crippen LogP contribution is -2.05. The molecule has 0 saturated carbocycles. The summed E-state index contributed by atoms with van der Waals surface area (Å²) in [6.07, 6.45) is -3.25. The van der Waals surface area contributed by atoms with Gasteiger partial charge in [0.2, 0.25) is 5.75 Å². The summed E-state index contributed by atoms with van der Waals surface area (Å²) in [4.78, 5) is 11.0. The summed E-state index contributed by atoms with van der Waals surface area (Å²) < 4.78 is 49.3. The molecule has 0 aliphatic heterocycles. The van der Waals surface area contributed by atoms with Gasteiger partial charge in [-0.2, -0.15) is 18.3 Å². The molecule has 3 aromatic rings. The van der Waals surface area contributed by atoms with Crippen LogP contribution in [0.25, 0.3) is 0 Å². The van der Waals surface area contributed by atoms with Gasteiger partial charge in [-0.05, 0) is 29.8 Å². The minimum atomic E-state index is -4.48. The maximum absolute atomic E-state index is 12.8. The number of alkyl halides is 3. The predicted molar refractivity (Wildman–Crippen MR) is 113 cm³/mol. The number of nitro groups is 1. The Morgan fingerprint density at radius 3 is 2.50 bits per heavy atom. The number of hydrazone groups is 1. The van der Waals surface area contributed by atoms with Gasteiger partial charge in [-0.1, -0.05) is 36.4 Å². The van der Waals surface area contributed by atoms with Crippen LogP contribution >= 0.6 is 0 Å². The van der Waals surface area contributed by atoms with Gasteiger partial charge in [-0.15, -0.1) is 0 Å². The Bertz CT molecular complexity index is 1120. The molecule has 0 bridgehead atoms. The maximum atomic E-state index is 12.8. The Labute approximate surface area is 181 Å². The van der Waals surface area contributed by atoms with Crippen molar-refractivity contribution in [1.82, 2.24) is 0 Å².